The number of carbonyl (C=O) groups is 1. The van der Waals surface area contributed by atoms with Gasteiger partial charge in [-0.1, -0.05) is 44.2 Å². The Hall–Kier alpha value is -2.14. The monoisotopic (exact) mass is 301 g/mol. The maximum absolute atomic E-state index is 12.3. The van der Waals surface area contributed by atoms with Crippen LogP contribution < -0.4 is 5.32 Å². The third kappa shape index (κ3) is 3.74. The first-order chi connectivity index (χ1) is 10.5. The molecule has 0 radical (unpaired) electrons. The van der Waals surface area contributed by atoms with Gasteiger partial charge < -0.3 is 15.0 Å². The van der Waals surface area contributed by atoms with Crippen molar-refractivity contribution in [1.29, 1.82) is 0 Å². The van der Waals surface area contributed by atoms with Crippen molar-refractivity contribution in [2.24, 2.45) is 5.92 Å². The van der Waals surface area contributed by atoms with E-state index in [1.54, 1.807) is 12.4 Å². The highest BCUT2D eigenvalue weighted by Gasteiger charge is 2.19. The molecule has 118 valence electrons. The highest BCUT2D eigenvalue weighted by molar-refractivity contribution is 5.80. The van der Waals surface area contributed by atoms with Crippen molar-refractivity contribution in [3.63, 3.8) is 0 Å². The van der Waals surface area contributed by atoms with E-state index < -0.39 is 12.1 Å². The number of hydrogen-bond donors (Lipinski definition) is 2. The summed E-state index contributed by atoms with van der Waals surface area (Å²) in [5.74, 6) is 0.742. The molecule has 2 atom stereocenters. The largest absolute Gasteiger partial charge is 0.391 e. The SMILES string of the molecule is CC(C)[C@@H](O)CNC(=O)[C@@H](C)n1ccnc1-c1ccccc1. The minimum absolute atomic E-state index is 0.115. The second-order valence-corrected chi connectivity index (χ2v) is 5.76. The number of nitrogens with one attached hydrogen (secondary N) is 1. The van der Waals surface area contributed by atoms with Gasteiger partial charge in [0.2, 0.25) is 5.91 Å². The van der Waals surface area contributed by atoms with Crippen LogP contribution in [0.2, 0.25) is 0 Å². The molecular weight excluding hydrogens is 278 g/mol. The number of imidazole rings is 1. The fourth-order valence-corrected chi connectivity index (χ4v) is 2.15. The maximum atomic E-state index is 12.3. The number of aliphatic hydroxyl groups excluding tert-OH is 1. The van der Waals surface area contributed by atoms with Crippen LogP contribution in [-0.4, -0.2) is 33.2 Å². The van der Waals surface area contributed by atoms with Gasteiger partial charge in [0, 0.05) is 24.5 Å². The minimum Gasteiger partial charge on any atom is -0.391 e. The Morgan fingerprint density at radius 1 is 1.27 bits per heavy atom. The Morgan fingerprint density at radius 3 is 2.59 bits per heavy atom. The lowest BCUT2D eigenvalue weighted by atomic mass is 10.1. The number of carbonyl (C=O) groups excluding carboxylic acids is 1. The van der Waals surface area contributed by atoms with Gasteiger partial charge in [0.15, 0.2) is 0 Å². The van der Waals surface area contributed by atoms with Gasteiger partial charge in [0.25, 0.3) is 0 Å². The van der Waals surface area contributed by atoms with Crippen LogP contribution in [0.25, 0.3) is 11.4 Å². The molecule has 0 aliphatic carbocycles. The summed E-state index contributed by atoms with van der Waals surface area (Å²) in [5.41, 5.74) is 0.967. The molecule has 2 N–H and O–H groups in total. The highest BCUT2D eigenvalue weighted by Crippen LogP contribution is 2.20. The second kappa shape index (κ2) is 7.22. The van der Waals surface area contributed by atoms with Crippen molar-refractivity contribution < 1.29 is 9.90 Å². The molecule has 1 aromatic heterocycles. The molecule has 1 aromatic carbocycles. The van der Waals surface area contributed by atoms with E-state index in [1.165, 1.54) is 0 Å². The van der Waals surface area contributed by atoms with Gasteiger partial charge in [-0.05, 0) is 12.8 Å². The van der Waals surface area contributed by atoms with E-state index in [1.807, 2.05) is 55.7 Å². The molecule has 0 saturated carbocycles. The first kappa shape index (κ1) is 16.2. The third-order valence-corrected chi connectivity index (χ3v) is 3.75. The first-order valence-electron chi connectivity index (χ1n) is 7.54. The Labute approximate surface area is 131 Å². The summed E-state index contributed by atoms with van der Waals surface area (Å²) in [5, 5.41) is 12.6. The second-order valence-electron chi connectivity index (χ2n) is 5.76. The molecule has 1 heterocycles. The average Bonchev–Trinajstić information content (AvgIpc) is 3.01. The molecule has 0 saturated heterocycles. The number of aromatic nitrogens is 2. The fraction of sp³-hybridized carbons (Fsp3) is 0.412. The van der Waals surface area contributed by atoms with Gasteiger partial charge in [0.05, 0.1) is 6.10 Å². The number of nitrogens with zero attached hydrogens (tertiary/aromatic N) is 2. The molecule has 0 fully saturated rings. The zero-order chi connectivity index (χ0) is 16.1. The van der Waals surface area contributed by atoms with Gasteiger partial charge in [-0.2, -0.15) is 0 Å². The summed E-state index contributed by atoms with van der Waals surface area (Å²) >= 11 is 0. The molecule has 2 aromatic rings. The molecule has 0 bridgehead atoms. The van der Waals surface area contributed by atoms with Crippen molar-refractivity contribution in [2.75, 3.05) is 6.54 Å². The van der Waals surface area contributed by atoms with Gasteiger partial charge in [-0.3, -0.25) is 4.79 Å². The summed E-state index contributed by atoms with van der Waals surface area (Å²) in [7, 11) is 0. The molecule has 5 nitrogen and oxygen atoms in total. The van der Waals surface area contributed by atoms with E-state index in [0.29, 0.717) is 0 Å². The Balaban J connectivity index is 2.09. The summed E-state index contributed by atoms with van der Waals surface area (Å²) in [6.45, 7) is 5.93. The number of aliphatic hydroxyl groups is 1. The van der Waals surface area contributed by atoms with Crippen molar-refractivity contribution in [1.82, 2.24) is 14.9 Å². The maximum Gasteiger partial charge on any atom is 0.242 e. The number of benzene rings is 1. The summed E-state index contributed by atoms with van der Waals surface area (Å²) in [6, 6.07) is 9.37. The standard InChI is InChI=1S/C17H23N3O2/c1-12(2)15(21)11-19-17(22)13(3)20-10-9-18-16(20)14-7-5-4-6-8-14/h4-10,12-13,15,21H,11H2,1-3H3,(H,19,22)/t13-,15+/m1/s1. The van der Waals surface area contributed by atoms with Crippen LogP contribution in [0.4, 0.5) is 0 Å². The predicted molar refractivity (Wildman–Crippen MR) is 86.2 cm³/mol. The first-order valence-corrected chi connectivity index (χ1v) is 7.54. The van der Waals surface area contributed by atoms with Crippen molar-refractivity contribution >= 4 is 5.91 Å². The minimum atomic E-state index is -0.535. The normalized spacial score (nSPS) is 13.9. The molecule has 0 aliphatic rings. The Morgan fingerprint density at radius 2 is 1.95 bits per heavy atom. The van der Waals surface area contributed by atoms with Crippen LogP contribution in [-0.2, 0) is 4.79 Å². The highest BCUT2D eigenvalue weighted by atomic mass is 16.3. The van der Waals surface area contributed by atoms with E-state index in [2.05, 4.69) is 10.3 Å². The van der Waals surface area contributed by atoms with Gasteiger partial charge in [-0.25, -0.2) is 4.98 Å². The Bertz CT molecular complexity index is 607. The number of amides is 1. The predicted octanol–water partition coefficient (Wildman–Crippen LogP) is 2.24. The molecular formula is C17H23N3O2. The lowest BCUT2D eigenvalue weighted by Crippen LogP contribution is -2.38. The van der Waals surface area contributed by atoms with E-state index in [9.17, 15) is 9.90 Å². The van der Waals surface area contributed by atoms with E-state index in [0.717, 1.165) is 11.4 Å². The summed E-state index contributed by atoms with van der Waals surface area (Å²) in [4.78, 5) is 16.6. The van der Waals surface area contributed by atoms with Crippen LogP contribution in [0.3, 0.4) is 0 Å². The van der Waals surface area contributed by atoms with Crippen LogP contribution in [0.1, 0.15) is 26.8 Å². The molecule has 1 amide bonds. The Kier molecular flexibility index (Phi) is 5.33. The topological polar surface area (TPSA) is 67.2 Å². The molecule has 22 heavy (non-hydrogen) atoms. The molecule has 2 rings (SSSR count). The van der Waals surface area contributed by atoms with E-state index >= 15 is 0 Å². The summed E-state index contributed by atoms with van der Waals surface area (Å²) in [6.07, 6.45) is 2.95. The third-order valence-electron chi connectivity index (χ3n) is 3.75. The lowest BCUT2D eigenvalue weighted by Gasteiger charge is -2.19. The van der Waals surface area contributed by atoms with Crippen LogP contribution in [0, 0.1) is 5.92 Å². The van der Waals surface area contributed by atoms with E-state index in [-0.39, 0.29) is 18.4 Å². The van der Waals surface area contributed by atoms with Gasteiger partial charge in [0.1, 0.15) is 11.9 Å². The smallest absolute Gasteiger partial charge is 0.242 e. The van der Waals surface area contributed by atoms with Gasteiger partial charge in [-0.15, -0.1) is 0 Å². The van der Waals surface area contributed by atoms with Crippen molar-refractivity contribution in [3.05, 3.63) is 42.7 Å². The van der Waals surface area contributed by atoms with Crippen LogP contribution >= 0.6 is 0 Å². The zero-order valence-electron chi connectivity index (χ0n) is 13.2. The molecule has 0 unspecified atom stereocenters. The fourth-order valence-electron chi connectivity index (χ4n) is 2.15. The van der Waals surface area contributed by atoms with Gasteiger partial charge >= 0.3 is 0 Å². The van der Waals surface area contributed by atoms with Crippen molar-refractivity contribution in [3.8, 4) is 11.4 Å². The van der Waals surface area contributed by atoms with E-state index in [4.69, 9.17) is 0 Å². The molecule has 5 heteroatoms. The van der Waals surface area contributed by atoms with Crippen molar-refractivity contribution in [2.45, 2.75) is 32.9 Å². The number of hydrogen-bond acceptors (Lipinski definition) is 3. The average molecular weight is 301 g/mol. The van der Waals surface area contributed by atoms with Crippen LogP contribution in [0.5, 0.6) is 0 Å². The quantitative estimate of drug-likeness (QED) is 0.860. The number of rotatable bonds is 6. The van der Waals surface area contributed by atoms with Crippen LogP contribution in [0.15, 0.2) is 42.7 Å². The molecule has 0 aliphatic heterocycles. The summed E-state index contributed by atoms with van der Waals surface area (Å²) < 4.78 is 1.84. The zero-order valence-corrected chi connectivity index (χ0v) is 13.2. The lowest BCUT2D eigenvalue weighted by molar-refractivity contribution is -0.124. The molecule has 0 spiro atoms.